The Hall–Kier alpha value is 0.640. The van der Waals surface area contributed by atoms with Gasteiger partial charge in [0.1, 0.15) is 0 Å². The van der Waals surface area contributed by atoms with Crippen LogP contribution in [-0.4, -0.2) is 0 Å². The third-order valence-electron chi connectivity index (χ3n) is 1.43. The molecule has 0 nitrogen and oxygen atoms in total. The van der Waals surface area contributed by atoms with E-state index in [1.807, 2.05) is 0 Å². The van der Waals surface area contributed by atoms with Gasteiger partial charge in [0.25, 0.3) is 0 Å². The first kappa shape index (κ1) is 5.43. The van der Waals surface area contributed by atoms with Crippen LogP contribution in [0.4, 0.5) is 0 Å². The molecule has 1 unspecified atom stereocenters. The van der Waals surface area contributed by atoms with Crippen LogP contribution in [0.15, 0.2) is 5.80 Å². The molecule has 8 heavy (non-hydrogen) atoms. The predicted octanol–water partition coefficient (Wildman–Crippen LogP) is 3.76. The van der Waals surface area contributed by atoms with E-state index in [9.17, 15) is 0 Å². The average Bonchev–Trinajstić information content (AvgIpc) is 2.49. The normalized spacial score (nSPS) is 22.0. The quantitative estimate of drug-likeness (QED) is 0.586. The molecule has 0 spiro atoms. The standard InChI is InChI=1S/C5H7P3/c1-2-4(1)5-3-6-8-7-5/h3-4,6H,1-2H2. The van der Waals surface area contributed by atoms with Crippen molar-refractivity contribution in [3.8, 4) is 0 Å². The molecule has 1 aromatic rings. The lowest BCUT2D eigenvalue weighted by Gasteiger charge is -1.81. The summed E-state index contributed by atoms with van der Waals surface area (Å²) in [5.41, 5.74) is 0. The highest BCUT2D eigenvalue weighted by Gasteiger charge is 2.23. The van der Waals surface area contributed by atoms with Gasteiger partial charge in [-0.1, -0.05) is 0 Å². The molecular formula is C5H7P3. The molecule has 0 radical (unpaired) electrons. The molecule has 1 atom stereocenters. The van der Waals surface area contributed by atoms with Gasteiger partial charge in [-0.25, -0.2) is 0 Å². The fourth-order valence-electron chi connectivity index (χ4n) is 0.789. The molecule has 3 heteroatoms. The molecular weight excluding hydrogens is 153 g/mol. The van der Waals surface area contributed by atoms with Gasteiger partial charge in [-0.3, -0.25) is 0 Å². The van der Waals surface area contributed by atoms with Crippen molar-refractivity contribution in [2.45, 2.75) is 18.8 Å². The van der Waals surface area contributed by atoms with Crippen LogP contribution in [-0.2, 0) is 0 Å². The molecule has 1 aromatic heterocycles. The minimum atomic E-state index is 1.04. The maximum absolute atomic E-state index is 2.46. The van der Waals surface area contributed by atoms with E-state index in [0.29, 0.717) is 0 Å². The summed E-state index contributed by atoms with van der Waals surface area (Å²) >= 11 is 0. The van der Waals surface area contributed by atoms with Crippen LogP contribution >= 0.6 is 23.3 Å². The van der Waals surface area contributed by atoms with E-state index in [-0.39, 0.29) is 0 Å². The molecule has 42 valence electrons. The zero-order valence-electron chi connectivity index (χ0n) is 4.46. The Morgan fingerprint density at radius 1 is 1.62 bits per heavy atom. The molecule has 1 fully saturated rings. The molecule has 0 saturated heterocycles. The van der Waals surface area contributed by atoms with Crippen LogP contribution in [0.1, 0.15) is 24.1 Å². The van der Waals surface area contributed by atoms with E-state index >= 15 is 0 Å². The summed E-state index contributed by atoms with van der Waals surface area (Å²) in [6, 6.07) is 0. The van der Waals surface area contributed by atoms with E-state index in [1.54, 1.807) is 20.7 Å². The molecule has 0 aromatic carbocycles. The predicted molar refractivity (Wildman–Crippen MR) is 42.9 cm³/mol. The summed E-state index contributed by atoms with van der Waals surface area (Å²) < 4.78 is 0. The Morgan fingerprint density at radius 3 is 3.00 bits per heavy atom. The van der Waals surface area contributed by atoms with E-state index in [0.717, 1.165) is 13.8 Å². The molecule has 2 rings (SSSR count). The molecule has 1 heterocycles. The van der Waals surface area contributed by atoms with Gasteiger partial charge in [-0.15, -0.1) is 7.87 Å². The minimum Gasteiger partial charge on any atom is -0.105 e. The highest BCUT2D eigenvalue weighted by molar-refractivity contribution is 8.17. The molecule has 1 aliphatic carbocycles. The van der Waals surface area contributed by atoms with Crippen LogP contribution in [0.3, 0.4) is 0 Å². The molecule has 1 saturated carbocycles. The number of hydrogen-bond acceptors (Lipinski definition) is 0. The lowest BCUT2D eigenvalue weighted by molar-refractivity contribution is 1.19. The summed E-state index contributed by atoms with van der Waals surface area (Å²) in [6.07, 6.45) is 2.97. The summed E-state index contributed by atoms with van der Waals surface area (Å²) in [6.45, 7) is 0. The Bertz CT molecular complexity index is 164. The first-order chi connectivity index (χ1) is 3.97. The van der Waals surface area contributed by atoms with Crippen molar-refractivity contribution in [2.24, 2.45) is 0 Å². The smallest absolute Gasteiger partial charge is 0.00865 e. The van der Waals surface area contributed by atoms with Gasteiger partial charge in [0, 0.05) is 0 Å². The van der Waals surface area contributed by atoms with Crippen molar-refractivity contribution in [2.75, 3.05) is 0 Å². The molecule has 0 aliphatic heterocycles. The fourth-order valence-corrected chi connectivity index (χ4v) is 6.74. The highest BCUT2D eigenvalue weighted by Crippen LogP contribution is 2.49. The van der Waals surface area contributed by atoms with E-state index in [2.05, 4.69) is 5.80 Å². The Balaban J connectivity index is 2.28. The van der Waals surface area contributed by atoms with Gasteiger partial charge in [-0.2, -0.15) is 0 Å². The lowest BCUT2D eigenvalue weighted by atomic mass is 10.4. The molecule has 0 amide bonds. The number of rotatable bonds is 1. The lowest BCUT2D eigenvalue weighted by Crippen LogP contribution is -1.60. The van der Waals surface area contributed by atoms with Crippen LogP contribution in [0.5, 0.6) is 0 Å². The van der Waals surface area contributed by atoms with E-state index < -0.39 is 0 Å². The summed E-state index contributed by atoms with van der Waals surface area (Å²) in [7, 11) is 4.39. The largest absolute Gasteiger partial charge is 0.105 e. The zero-order valence-corrected chi connectivity index (χ0v) is 7.25. The Morgan fingerprint density at radius 2 is 2.50 bits per heavy atom. The summed E-state index contributed by atoms with van der Waals surface area (Å²) in [5.74, 6) is 3.50. The van der Waals surface area contributed by atoms with Crippen molar-refractivity contribution in [1.29, 1.82) is 0 Å². The van der Waals surface area contributed by atoms with Gasteiger partial charge < -0.3 is 0 Å². The topological polar surface area (TPSA) is 0 Å². The summed E-state index contributed by atoms with van der Waals surface area (Å²) in [5, 5.41) is 1.75. The third-order valence-corrected chi connectivity index (χ3v) is 6.72. The maximum atomic E-state index is 2.46. The molecule has 1 aliphatic rings. The van der Waals surface area contributed by atoms with Gasteiger partial charge in [0.05, 0.1) is 0 Å². The second-order valence-electron chi connectivity index (χ2n) is 2.17. The average molecular weight is 160 g/mol. The van der Waals surface area contributed by atoms with E-state index in [4.69, 9.17) is 0 Å². The molecule has 0 N–H and O–H groups in total. The fraction of sp³-hybridized carbons (Fsp3) is 0.600. The van der Waals surface area contributed by atoms with Gasteiger partial charge in [0.15, 0.2) is 0 Å². The van der Waals surface area contributed by atoms with Gasteiger partial charge in [0.2, 0.25) is 0 Å². The monoisotopic (exact) mass is 160 g/mol. The van der Waals surface area contributed by atoms with Crippen LogP contribution in [0.25, 0.3) is 0 Å². The third kappa shape index (κ3) is 0.985. The Labute approximate surface area is 53.8 Å². The maximum Gasteiger partial charge on any atom is -0.00865 e. The summed E-state index contributed by atoms with van der Waals surface area (Å²) in [4.78, 5) is 0. The SMILES string of the molecule is c1[pH]ppc1C1CC1. The van der Waals surface area contributed by atoms with E-state index in [1.165, 1.54) is 12.8 Å². The second-order valence-corrected chi connectivity index (χ2v) is 7.41. The van der Waals surface area contributed by atoms with Crippen molar-refractivity contribution in [3.63, 3.8) is 0 Å². The minimum absolute atomic E-state index is 1.04. The van der Waals surface area contributed by atoms with Crippen molar-refractivity contribution in [3.05, 3.63) is 11.1 Å². The Kier molecular flexibility index (Phi) is 1.43. The second kappa shape index (κ2) is 2.11. The first-order valence-electron chi connectivity index (χ1n) is 2.83. The first-order valence-corrected chi connectivity index (χ1v) is 7.24. The van der Waals surface area contributed by atoms with Gasteiger partial charge >= 0.3 is 0 Å². The number of hydrogen-bond donors (Lipinski definition) is 0. The van der Waals surface area contributed by atoms with Crippen LogP contribution in [0.2, 0.25) is 0 Å². The van der Waals surface area contributed by atoms with Gasteiger partial charge in [-0.05, 0) is 45.3 Å². The van der Waals surface area contributed by atoms with Crippen molar-refractivity contribution >= 4 is 23.3 Å². The zero-order chi connectivity index (χ0) is 5.40. The van der Waals surface area contributed by atoms with Crippen LogP contribution in [0, 0.1) is 0 Å². The van der Waals surface area contributed by atoms with Crippen molar-refractivity contribution in [1.82, 2.24) is 0 Å². The van der Waals surface area contributed by atoms with Crippen LogP contribution < -0.4 is 0 Å². The highest BCUT2D eigenvalue weighted by atomic mass is 32.1. The molecule has 0 bridgehead atoms. The van der Waals surface area contributed by atoms with Crippen molar-refractivity contribution < 1.29 is 0 Å².